The summed E-state index contributed by atoms with van der Waals surface area (Å²) in [6.07, 6.45) is 0.214. The third kappa shape index (κ3) is 6.37. The van der Waals surface area contributed by atoms with Crippen LogP contribution in [0.1, 0.15) is 23.2 Å². The number of rotatable bonds is 9. The van der Waals surface area contributed by atoms with E-state index < -0.39 is 17.9 Å². The molecule has 116 valence electrons. The summed E-state index contributed by atoms with van der Waals surface area (Å²) < 4.78 is 4.79. The lowest BCUT2D eigenvalue weighted by Gasteiger charge is -2.14. The van der Waals surface area contributed by atoms with E-state index in [1.165, 1.54) is 18.4 Å². The van der Waals surface area contributed by atoms with E-state index in [0.29, 0.717) is 5.56 Å². The Balaban J connectivity index is 2.29. The van der Waals surface area contributed by atoms with Crippen LogP contribution in [0, 0.1) is 0 Å². The molecule has 0 aromatic carbocycles. The van der Waals surface area contributed by atoms with Gasteiger partial charge in [0.05, 0.1) is 0 Å². The highest BCUT2D eigenvalue weighted by Crippen LogP contribution is 2.05. The van der Waals surface area contributed by atoms with Gasteiger partial charge in [0.2, 0.25) is 5.91 Å². The van der Waals surface area contributed by atoms with Crippen molar-refractivity contribution in [2.45, 2.75) is 18.9 Å². The zero-order chi connectivity index (χ0) is 15.7. The van der Waals surface area contributed by atoms with Crippen molar-refractivity contribution < 1.29 is 24.2 Å². The van der Waals surface area contributed by atoms with E-state index in [1.54, 1.807) is 16.8 Å². The molecule has 1 unspecified atom stereocenters. The average Bonchev–Trinajstić information content (AvgIpc) is 2.97. The molecule has 1 heterocycles. The molecular formula is C13H18N2O5S. The molecule has 0 aliphatic rings. The fourth-order valence-corrected chi connectivity index (χ4v) is 2.18. The zero-order valence-corrected chi connectivity index (χ0v) is 12.4. The van der Waals surface area contributed by atoms with Gasteiger partial charge in [0.25, 0.3) is 5.91 Å². The Bertz CT molecular complexity index is 475. The first-order chi connectivity index (χ1) is 10.0. The standard InChI is InChI=1S/C13H18N2O5S/c1-20-6-3-10(13(18)19)15-11(16)2-5-14-12(17)9-4-7-21-8-9/h4,7-8,10H,2-3,5-6H2,1H3,(H,14,17)(H,15,16)(H,18,19). The third-order valence-electron chi connectivity index (χ3n) is 2.66. The number of nitrogens with one attached hydrogen (secondary N) is 2. The van der Waals surface area contributed by atoms with Gasteiger partial charge in [-0.05, 0) is 11.4 Å². The van der Waals surface area contributed by atoms with Crippen LogP contribution in [0.15, 0.2) is 16.8 Å². The largest absolute Gasteiger partial charge is 0.480 e. The SMILES string of the molecule is COCCC(NC(=O)CCNC(=O)c1ccsc1)C(=O)O. The molecule has 3 N–H and O–H groups in total. The summed E-state index contributed by atoms with van der Waals surface area (Å²) in [6, 6.07) is 0.704. The summed E-state index contributed by atoms with van der Waals surface area (Å²) in [6.45, 7) is 0.392. The first-order valence-electron chi connectivity index (χ1n) is 6.36. The molecule has 21 heavy (non-hydrogen) atoms. The van der Waals surface area contributed by atoms with Crippen molar-refractivity contribution in [1.82, 2.24) is 10.6 Å². The number of hydrogen-bond acceptors (Lipinski definition) is 5. The number of thiophene rings is 1. The predicted octanol–water partition coefficient (Wildman–Crippen LogP) is 0.474. The van der Waals surface area contributed by atoms with E-state index in [4.69, 9.17) is 9.84 Å². The van der Waals surface area contributed by atoms with Crippen molar-refractivity contribution >= 4 is 29.1 Å². The molecule has 0 saturated heterocycles. The smallest absolute Gasteiger partial charge is 0.326 e. The highest BCUT2D eigenvalue weighted by Gasteiger charge is 2.19. The summed E-state index contributed by atoms with van der Waals surface area (Å²) in [7, 11) is 1.46. The summed E-state index contributed by atoms with van der Waals surface area (Å²) in [5.41, 5.74) is 0.545. The fourth-order valence-electron chi connectivity index (χ4n) is 1.54. The predicted molar refractivity (Wildman–Crippen MR) is 77.3 cm³/mol. The maximum Gasteiger partial charge on any atom is 0.326 e. The van der Waals surface area contributed by atoms with Crippen LogP contribution in [0.25, 0.3) is 0 Å². The fraction of sp³-hybridized carbons (Fsp3) is 0.462. The van der Waals surface area contributed by atoms with Crippen molar-refractivity contribution in [3.05, 3.63) is 22.4 Å². The second-order valence-electron chi connectivity index (χ2n) is 4.26. The molecule has 1 atom stereocenters. The topological polar surface area (TPSA) is 105 Å². The van der Waals surface area contributed by atoms with Crippen LogP contribution in [0.4, 0.5) is 0 Å². The molecule has 8 heteroatoms. The molecule has 0 saturated carbocycles. The molecule has 0 radical (unpaired) electrons. The van der Waals surface area contributed by atoms with E-state index in [1.807, 2.05) is 0 Å². The van der Waals surface area contributed by atoms with E-state index in [0.717, 1.165) is 0 Å². The number of ether oxygens (including phenoxy) is 1. The quantitative estimate of drug-likeness (QED) is 0.615. The van der Waals surface area contributed by atoms with Gasteiger partial charge in [0.1, 0.15) is 6.04 Å². The molecule has 0 bridgehead atoms. The van der Waals surface area contributed by atoms with Gasteiger partial charge in [0.15, 0.2) is 0 Å². The number of carbonyl (C=O) groups is 3. The molecule has 2 amide bonds. The van der Waals surface area contributed by atoms with E-state index in [2.05, 4.69) is 10.6 Å². The first-order valence-corrected chi connectivity index (χ1v) is 7.30. The lowest BCUT2D eigenvalue weighted by Crippen LogP contribution is -2.42. The molecule has 0 aliphatic heterocycles. The van der Waals surface area contributed by atoms with Crippen LogP contribution < -0.4 is 10.6 Å². The summed E-state index contributed by atoms with van der Waals surface area (Å²) in [5, 5.41) is 17.4. The van der Waals surface area contributed by atoms with Crippen molar-refractivity contribution in [3.8, 4) is 0 Å². The van der Waals surface area contributed by atoms with Crippen LogP contribution in [-0.4, -0.2) is 49.2 Å². The normalized spacial score (nSPS) is 11.7. The van der Waals surface area contributed by atoms with E-state index in [-0.39, 0.29) is 31.9 Å². The minimum absolute atomic E-state index is 0.0205. The second kappa shape index (κ2) is 9.09. The maximum atomic E-state index is 11.6. The molecule has 0 aliphatic carbocycles. The maximum absolute atomic E-state index is 11.6. The monoisotopic (exact) mass is 314 g/mol. The lowest BCUT2D eigenvalue weighted by atomic mass is 10.2. The number of carbonyl (C=O) groups excluding carboxylic acids is 2. The van der Waals surface area contributed by atoms with Crippen LogP contribution in [-0.2, 0) is 14.3 Å². The molecule has 0 fully saturated rings. The van der Waals surface area contributed by atoms with Crippen molar-refractivity contribution in [2.75, 3.05) is 20.3 Å². The number of carboxylic acid groups (broad SMARTS) is 1. The van der Waals surface area contributed by atoms with Crippen molar-refractivity contribution in [3.63, 3.8) is 0 Å². The summed E-state index contributed by atoms with van der Waals surface area (Å²) in [5.74, 6) is -1.79. The second-order valence-corrected chi connectivity index (χ2v) is 5.04. The Morgan fingerprint density at radius 2 is 2.19 bits per heavy atom. The van der Waals surface area contributed by atoms with Gasteiger partial charge in [-0.1, -0.05) is 0 Å². The Morgan fingerprint density at radius 1 is 1.43 bits per heavy atom. The lowest BCUT2D eigenvalue weighted by molar-refractivity contribution is -0.142. The summed E-state index contributed by atoms with van der Waals surface area (Å²) >= 11 is 1.41. The number of amides is 2. The molecule has 1 aromatic heterocycles. The summed E-state index contributed by atoms with van der Waals surface area (Å²) in [4.78, 5) is 34.2. The molecule has 0 spiro atoms. The van der Waals surface area contributed by atoms with E-state index >= 15 is 0 Å². The van der Waals surface area contributed by atoms with Gasteiger partial charge < -0.3 is 20.5 Å². The van der Waals surface area contributed by atoms with Gasteiger partial charge in [0, 0.05) is 44.0 Å². The first kappa shape index (κ1) is 17.1. The Hall–Kier alpha value is -1.93. The third-order valence-corrected chi connectivity index (χ3v) is 3.35. The van der Waals surface area contributed by atoms with Crippen LogP contribution in [0.3, 0.4) is 0 Å². The molecule has 1 aromatic rings. The van der Waals surface area contributed by atoms with Crippen molar-refractivity contribution in [1.29, 1.82) is 0 Å². The number of aliphatic carboxylic acids is 1. The highest BCUT2D eigenvalue weighted by molar-refractivity contribution is 7.08. The van der Waals surface area contributed by atoms with Crippen molar-refractivity contribution in [2.24, 2.45) is 0 Å². The Kier molecular flexibility index (Phi) is 7.41. The van der Waals surface area contributed by atoms with Gasteiger partial charge in [-0.3, -0.25) is 9.59 Å². The zero-order valence-electron chi connectivity index (χ0n) is 11.6. The minimum Gasteiger partial charge on any atom is -0.480 e. The number of hydrogen-bond donors (Lipinski definition) is 3. The van der Waals surface area contributed by atoms with Crippen LogP contribution in [0.2, 0.25) is 0 Å². The number of carboxylic acids is 1. The minimum atomic E-state index is -1.11. The van der Waals surface area contributed by atoms with Gasteiger partial charge in [-0.15, -0.1) is 0 Å². The average molecular weight is 314 g/mol. The van der Waals surface area contributed by atoms with Crippen LogP contribution >= 0.6 is 11.3 Å². The van der Waals surface area contributed by atoms with Crippen LogP contribution in [0.5, 0.6) is 0 Å². The van der Waals surface area contributed by atoms with E-state index in [9.17, 15) is 14.4 Å². The van der Waals surface area contributed by atoms with Gasteiger partial charge in [-0.2, -0.15) is 11.3 Å². The molecule has 7 nitrogen and oxygen atoms in total. The van der Waals surface area contributed by atoms with Gasteiger partial charge in [-0.25, -0.2) is 4.79 Å². The molecular weight excluding hydrogens is 296 g/mol. The number of methoxy groups -OCH3 is 1. The highest BCUT2D eigenvalue weighted by atomic mass is 32.1. The molecule has 1 rings (SSSR count). The Labute approximate surface area is 126 Å². The van der Waals surface area contributed by atoms with Gasteiger partial charge >= 0.3 is 5.97 Å². The Morgan fingerprint density at radius 3 is 2.76 bits per heavy atom.